The first kappa shape index (κ1) is 11.3. The number of aromatic nitrogens is 2. The Hall–Kier alpha value is -2.17. The molecule has 0 saturated carbocycles. The molecule has 0 aliphatic carbocycles. The highest BCUT2D eigenvalue weighted by atomic mass is 19.1. The number of hydrogen-bond donors (Lipinski definition) is 1. The molecule has 17 heavy (non-hydrogen) atoms. The van der Waals surface area contributed by atoms with Gasteiger partial charge in [0.15, 0.2) is 0 Å². The van der Waals surface area contributed by atoms with Gasteiger partial charge in [-0.1, -0.05) is 0 Å². The van der Waals surface area contributed by atoms with Gasteiger partial charge in [0.2, 0.25) is 0 Å². The van der Waals surface area contributed by atoms with Gasteiger partial charge < -0.3 is 5.11 Å². The summed E-state index contributed by atoms with van der Waals surface area (Å²) in [4.78, 5) is 10.5. The first-order valence-corrected chi connectivity index (χ1v) is 5.08. The maximum absolute atomic E-state index is 13.1. The summed E-state index contributed by atoms with van der Waals surface area (Å²) in [6.45, 7) is 1.67. The molecule has 2 aromatic rings. The molecular formula is C12H11FN2O2. The molecule has 1 aromatic carbocycles. The number of halogens is 1. The average molecular weight is 234 g/mol. The van der Waals surface area contributed by atoms with Gasteiger partial charge in [0.1, 0.15) is 5.82 Å². The average Bonchev–Trinajstić information content (AvgIpc) is 2.69. The van der Waals surface area contributed by atoms with E-state index in [-0.39, 0.29) is 12.2 Å². The van der Waals surface area contributed by atoms with Gasteiger partial charge in [-0.2, -0.15) is 5.10 Å². The van der Waals surface area contributed by atoms with Crippen LogP contribution >= 0.6 is 0 Å². The number of carboxylic acids is 1. The molecule has 1 heterocycles. The van der Waals surface area contributed by atoms with Gasteiger partial charge in [-0.05, 0) is 30.7 Å². The minimum Gasteiger partial charge on any atom is -0.481 e. The molecule has 4 nitrogen and oxygen atoms in total. The topological polar surface area (TPSA) is 55.1 Å². The van der Waals surface area contributed by atoms with Crippen molar-refractivity contribution >= 4 is 5.97 Å². The van der Waals surface area contributed by atoms with Crippen molar-refractivity contribution < 1.29 is 14.3 Å². The molecule has 0 aliphatic heterocycles. The lowest BCUT2D eigenvalue weighted by atomic mass is 10.2. The fourth-order valence-corrected chi connectivity index (χ4v) is 1.54. The molecule has 0 radical (unpaired) electrons. The number of hydrogen-bond acceptors (Lipinski definition) is 2. The van der Waals surface area contributed by atoms with Crippen LogP contribution in [0.15, 0.2) is 30.6 Å². The number of aliphatic carboxylic acids is 1. The van der Waals surface area contributed by atoms with Crippen LogP contribution in [0.3, 0.4) is 0 Å². The van der Waals surface area contributed by atoms with Crippen molar-refractivity contribution in [3.8, 4) is 5.69 Å². The minimum atomic E-state index is -0.903. The van der Waals surface area contributed by atoms with E-state index in [2.05, 4.69) is 5.10 Å². The van der Waals surface area contributed by atoms with Crippen LogP contribution in [-0.4, -0.2) is 20.9 Å². The molecule has 2 rings (SSSR count). The maximum atomic E-state index is 13.1. The Morgan fingerprint density at radius 3 is 2.94 bits per heavy atom. The molecule has 0 saturated heterocycles. The molecule has 0 spiro atoms. The zero-order valence-electron chi connectivity index (χ0n) is 9.22. The number of benzene rings is 1. The monoisotopic (exact) mass is 234 g/mol. The minimum absolute atomic E-state index is 0.0693. The lowest BCUT2D eigenvalue weighted by Gasteiger charge is -2.02. The van der Waals surface area contributed by atoms with Crippen molar-refractivity contribution in [2.75, 3.05) is 0 Å². The summed E-state index contributed by atoms with van der Waals surface area (Å²) in [5.74, 6) is -1.17. The van der Waals surface area contributed by atoms with E-state index < -0.39 is 5.97 Å². The molecule has 1 N–H and O–H groups in total. The number of carboxylic acid groups (broad SMARTS) is 1. The second kappa shape index (κ2) is 4.37. The van der Waals surface area contributed by atoms with Crippen LogP contribution in [0.2, 0.25) is 0 Å². The van der Waals surface area contributed by atoms with E-state index in [1.54, 1.807) is 25.3 Å². The van der Waals surface area contributed by atoms with E-state index in [9.17, 15) is 9.18 Å². The summed E-state index contributed by atoms with van der Waals surface area (Å²) in [6, 6.07) is 4.62. The molecule has 0 fully saturated rings. The highest BCUT2D eigenvalue weighted by Gasteiger charge is 2.06. The van der Waals surface area contributed by atoms with Crippen LogP contribution in [-0.2, 0) is 11.2 Å². The van der Waals surface area contributed by atoms with E-state index in [4.69, 9.17) is 5.11 Å². The third kappa shape index (κ3) is 2.50. The molecule has 0 bridgehead atoms. The predicted octanol–water partition coefficient (Wildman–Crippen LogP) is 1.95. The van der Waals surface area contributed by atoms with Crippen molar-refractivity contribution in [2.24, 2.45) is 0 Å². The highest BCUT2D eigenvalue weighted by Crippen LogP contribution is 2.13. The Kier molecular flexibility index (Phi) is 2.91. The first-order valence-electron chi connectivity index (χ1n) is 5.08. The Balaban J connectivity index is 2.30. The number of carbonyl (C=O) groups is 1. The fourth-order valence-electron chi connectivity index (χ4n) is 1.54. The lowest BCUT2D eigenvalue weighted by Crippen LogP contribution is -1.99. The summed E-state index contributed by atoms with van der Waals surface area (Å²) in [6.07, 6.45) is 3.05. The van der Waals surface area contributed by atoms with Crippen LogP contribution < -0.4 is 0 Å². The third-order valence-corrected chi connectivity index (χ3v) is 2.40. The lowest BCUT2D eigenvalue weighted by molar-refractivity contribution is -0.136. The number of rotatable bonds is 3. The zero-order chi connectivity index (χ0) is 12.4. The van der Waals surface area contributed by atoms with E-state index in [0.717, 1.165) is 0 Å². The van der Waals surface area contributed by atoms with Crippen molar-refractivity contribution in [1.29, 1.82) is 0 Å². The second-order valence-corrected chi connectivity index (χ2v) is 3.80. The molecule has 0 unspecified atom stereocenters. The molecular weight excluding hydrogens is 223 g/mol. The van der Waals surface area contributed by atoms with Crippen LogP contribution in [0.1, 0.15) is 11.1 Å². The highest BCUT2D eigenvalue weighted by molar-refractivity contribution is 5.69. The molecule has 1 aromatic heterocycles. The summed E-state index contributed by atoms with van der Waals surface area (Å²) in [5, 5.41) is 12.7. The van der Waals surface area contributed by atoms with Crippen molar-refractivity contribution in [1.82, 2.24) is 9.78 Å². The normalized spacial score (nSPS) is 10.5. The van der Waals surface area contributed by atoms with E-state index in [0.29, 0.717) is 16.8 Å². The summed E-state index contributed by atoms with van der Waals surface area (Å²) in [7, 11) is 0. The molecule has 88 valence electrons. The van der Waals surface area contributed by atoms with Crippen molar-refractivity contribution in [2.45, 2.75) is 13.3 Å². The SMILES string of the molecule is Cc1cc(-n2cc(CC(=O)O)cn2)ccc1F. The quantitative estimate of drug-likeness (QED) is 0.883. The first-order chi connectivity index (χ1) is 8.06. The van der Waals surface area contributed by atoms with Crippen molar-refractivity contribution in [3.63, 3.8) is 0 Å². The Labute approximate surface area is 97.3 Å². The van der Waals surface area contributed by atoms with Gasteiger partial charge in [0, 0.05) is 11.8 Å². The van der Waals surface area contributed by atoms with Crippen molar-refractivity contribution in [3.05, 3.63) is 47.5 Å². The summed E-state index contributed by atoms with van der Waals surface area (Å²) in [5.41, 5.74) is 1.85. The van der Waals surface area contributed by atoms with Gasteiger partial charge in [0.25, 0.3) is 0 Å². The Morgan fingerprint density at radius 1 is 1.53 bits per heavy atom. The molecule has 0 atom stereocenters. The smallest absolute Gasteiger partial charge is 0.307 e. The maximum Gasteiger partial charge on any atom is 0.307 e. The standard InChI is InChI=1S/C12H11FN2O2/c1-8-4-10(2-3-11(8)13)15-7-9(6-14-15)5-12(16)17/h2-4,6-7H,5H2,1H3,(H,16,17). The third-order valence-electron chi connectivity index (χ3n) is 2.40. The second-order valence-electron chi connectivity index (χ2n) is 3.80. The van der Waals surface area contributed by atoms with Gasteiger partial charge in [-0.25, -0.2) is 9.07 Å². The van der Waals surface area contributed by atoms with Crippen LogP contribution in [0.5, 0.6) is 0 Å². The van der Waals surface area contributed by atoms with E-state index in [1.165, 1.54) is 16.9 Å². The van der Waals surface area contributed by atoms with Gasteiger partial charge in [-0.15, -0.1) is 0 Å². The van der Waals surface area contributed by atoms with Gasteiger partial charge >= 0.3 is 5.97 Å². The van der Waals surface area contributed by atoms with Crippen LogP contribution in [0.4, 0.5) is 4.39 Å². The number of nitrogens with zero attached hydrogens (tertiary/aromatic N) is 2. The van der Waals surface area contributed by atoms with Gasteiger partial charge in [0.05, 0.1) is 18.3 Å². The Morgan fingerprint density at radius 2 is 2.29 bits per heavy atom. The van der Waals surface area contributed by atoms with Gasteiger partial charge in [-0.3, -0.25) is 4.79 Å². The zero-order valence-corrected chi connectivity index (χ0v) is 9.22. The predicted molar refractivity (Wildman–Crippen MR) is 59.6 cm³/mol. The Bertz CT molecular complexity index is 563. The van der Waals surface area contributed by atoms with E-state index >= 15 is 0 Å². The molecule has 5 heteroatoms. The number of aryl methyl sites for hydroxylation is 1. The van der Waals surface area contributed by atoms with Crippen LogP contribution in [0.25, 0.3) is 5.69 Å². The molecule has 0 amide bonds. The summed E-state index contributed by atoms with van der Waals surface area (Å²) < 4.78 is 14.6. The van der Waals surface area contributed by atoms with E-state index in [1.807, 2.05) is 0 Å². The fraction of sp³-hybridized carbons (Fsp3) is 0.167. The summed E-state index contributed by atoms with van der Waals surface area (Å²) >= 11 is 0. The molecule has 0 aliphatic rings. The largest absolute Gasteiger partial charge is 0.481 e. The van der Waals surface area contributed by atoms with Crippen LogP contribution in [0, 0.1) is 12.7 Å².